The summed E-state index contributed by atoms with van der Waals surface area (Å²) in [6.07, 6.45) is 0.226. The lowest BCUT2D eigenvalue weighted by atomic mass is 10.1. The van der Waals surface area contributed by atoms with Gasteiger partial charge in [0, 0.05) is 0 Å². The Morgan fingerprint density at radius 3 is 1.44 bits per heavy atom. The minimum Gasteiger partial charge on any atom is -0.368 e. The van der Waals surface area contributed by atoms with E-state index in [1.165, 1.54) is 0 Å². The second-order valence-corrected chi connectivity index (χ2v) is 6.31. The highest BCUT2D eigenvalue weighted by Gasteiger charge is 2.14. The van der Waals surface area contributed by atoms with Gasteiger partial charge in [-0.1, -0.05) is 27.7 Å². The minimum absolute atomic E-state index is 0.416. The highest BCUT2D eigenvalue weighted by molar-refractivity contribution is 7.33. The molecule has 2 atom stereocenters. The molecule has 0 heterocycles. The van der Waals surface area contributed by atoms with Gasteiger partial charge in [0.05, 0.1) is 0 Å². The van der Waals surface area contributed by atoms with Crippen LogP contribution in [0.2, 0.25) is 0 Å². The number of rotatable bonds is 10. The van der Waals surface area contributed by atoms with Gasteiger partial charge in [0.2, 0.25) is 0 Å². The van der Waals surface area contributed by atoms with Gasteiger partial charge in [0.15, 0.2) is 12.6 Å². The Kier molecular flexibility index (Phi) is 9.97. The molecule has 0 radical (unpaired) electrons. The molecule has 0 fully saturated rings. The minimum atomic E-state index is -2.83. The van der Waals surface area contributed by atoms with E-state index in [-0.39, 0.29) is 0 Å². The Balaban J connectivity index is 3.74. The maximum Gasteiger partial charge on any atom is 0.323 e. The zero-order chi connectivity index (χ0) is 14.1. The number of hydrogen-bond donors (Lipinski definition) is 2. The molecule has 0 aromatic heterocycles. The van der Waals surface area contributed by atoms with E-state index in [9.17, 15) is 14.8 Å². The van der Waals surface area contributed by atoms with Crippen LogP contribution in [-0.4, -0.2) is 22.8 Å². The molecular formula is C12H27O5P. The first-order valence-electron chi connectivity index (χ1n) is 6.54. The summed E-state index contributed by atoms with van der Waals surface area (Å²) in [7, 11) is -2.83. The molecule has 0 aliphatic rings. The maximum absolute atomic E-state index is 11.4. The number of hydrogen-bond acceptors (Lipinski definition) is 5. The third-order valence-electron chi connectivity index (χ3n) is 2.45. The average Bonchev–Trinajstić information content (AvgIpc) is 2.23. The molecule has 0 amide bonds. The van der Waals surface area contributed by atoms with Crippen molar-refractivity contribution in [2.75, 3.05) is 0 Å². The van der Waals surface area contributed by atoms with Gasteiger partial charge in [0.25, 0.3) is 0 Å². The Bertz CT molecular complexity index is 211. The molecule has 0 saturated carbocycles. The van der Waals surface area contributed by atoms with E-state index < -0.39 is 20.8 Å². The largest absolute Gasteiger partial charge is 0.368 e. The van der Waals surface area contributed by atoms with Gasteiger partial charge in [-0.15, -0.1) is 0 Å². The van der Waals surface area contributed by atoms with E-state index in [1.807, 2.05) is 27.7 Å². The Morgan fingerprint density at radius 2 is 1.17 bits per heavy atom. The molecule has 0 aromatic rings. The molecule has 110 valence electrons. The van der Waals surface area contributed by atoms with E-state index in [0.29, 0.717) is 24.7 Å². The molecule has 0 aliphatic carbocycles. The standard InChI is InChI=1S/C12H27O5P/c1-9(2)5-7-11(13)16-18(15)17-12(14)8-6-10(3)4/h9-14,18H,5-8H2,1-4H3/t11-,12-/m0/s1. The molecule has 0 aromatic carbocycles. The first-order valence-corrected chi connectivity index (χ1v) is 7.77. The van der Waals surface area contributed by atoms with Crippen LogP contribution in [-0.2, 0) is 13.6 Å². The monoisotopic (exact) mass is 282 g/mol. The highest BCUT2D eigenvalue weighted by Crippen LogP contribution is 2.29. The van der Waals surface area contributed by atoms with Crippen LogP contribution < -0.4 is 0 Å². The molecule has 18 heavy (non-hydrogen) atoms. The second-order valence-electron chi connectivity index (χ2n) is 5.34. The summed E-state index contributed by atoms with van der Waals surface area (Å²) in [5.41, 5.74) is 0. The van der Waals surface area contributed by atoms with Crippen molar-refractivity contribution < 1.29 is 23.8 Å². The van der Waals surface area contributed by atoms with Crippen LogP contribution in [0, 0.1) is 11.8 Å². The van der Waals surface area contributed by atoms with E-state index in [2.05, 4.69) is 0 Å². The fourth-order valence-electron chi connectivity index (χ4n) is 1.32. The normalized spacial score (nSPS) is 15.6. The zero-order valence-electron chi connectivity index (χ0n) is 11.8. The molecule has 2 N–H and O–H groups in total. The smallest absolute Gasteiger partial charge is 0.323 e. The Labute approximate surface area is 110 Å². The molecule has 0 bridgehead atoms. The SMILES string of the molecule is CC(C)CC[C@@H](O)O[PH](=O)O[C@H](O)CCC(C)C. The summed E-state index contributed by atoms with van der Waals surface area (Å²) in [6.45, 7) is 8.12. The van der Waals surface area contributed by atoms with Crippen molar-refractivity contribution in [2.45, 2.75) is 66.0 Å². The molecule has 0 spiro atoms. The van der Waals surface area contributed by atoms with Gasteiger partial charge in [-0.05, 0) is 37.5 Å². The van der Waals surface area contributed by atoms with Crippen LogP contribution in [0.25, 0.3) is 0 Å². The van der Waals surface area contributed by atoms with Crippen LogP contribution in [0.1, 0.15) is 53.4 Å². The van der Waals surface area contributed by atoms with Crippen LogP contribution in [0.4, 0.5) is 0 Å². The molecule has 5 nitrogen and oxygen atoms in total. The lowest BCUT2D eigenvalue weighted by Gasteiger charge is -2.16. The quantitative estimate of drug-likeness (QED) is 0.476. The molecule has 0 saturated heterocycles. The van der Waals surface area contributed by atoms with Gasteiger partial charge < -0.3 is 10.2 Å². The van der Waals surface area contributed by atoms with Crippen LogP contribution >= 0.6 is 8.25 Å². The third kappa shape index (κ3) is 11.2. The van der Waals surface area contributed by atoms with Gasteiger partial charge in [0.1, 0.15) is 0 Å². The van der Waals surface area contributed by atoms with Crippen molar-refractivity contribution in [1.29, 1.82) is 0 Å². The molecule has 6 heteroatoms. The number of aliphatic hydroxyl groups is 2. The fourth-order valence-corrected chi connectivity index (χ4v) is 2.06. The topological polar surface area (TPSA) is 76.0 Å². The van der Waals surface area contributed by atoms with Gasteiger partial charge in [-0.2, -0.15) is 0 Å². The van der Waals surface area contributed by atoms with Gasteiger partial charge in [-0.3, -0.25) is 13.6 Å². The van der Waals surface area contributed by atoms with Crippen molar-refractivity contribution in [1.82, 2.24) is 0 Å². The molecule has 0 aliphatic heterocycles. The predicted molar refractivity (Wildman–Crippen MR) is 71.3 cm³/mol. The van der Waals surface area contributed by atoms with Gasteiger partial charge in [-0.25, -0.2) is 0 Å². The van der Waals surface area contributed by atoms with Gasteiger partial charge >= 0.3 is 8.25 Å². The van der Waals surface area contributed by atoms with Crippen molar-refractivity contribution in [3.05, 3.63) is 0 Å². The summed E-state index contributed by atoms with van der Waals surface area (Å²) in [6, 6.07) is 0. The predicted octanol–water partition coefficient (Wildman–Crippen LogP) is 2.92. The van der Waals surface area contributed by atoms with E-state index >= 15 is 0 Å². The third-order valence-corrected chi connectivity index (χ3v) is 3.38. The van der Waals surface area contributed by atoms with Crippen LogP contribution in [0.3, 0.4) is 0 Å². The molecule has 0 rings (SSSR count). The first-order chi connectivity index (χ1) is 8.31. The first kappa shape index (κ1) is 18.1. The second kappa shape index (κ2) is 9.93. The van der Waals surface area contributed by atoms with Crippen molar-refractivity contribution >= 4 is 8.25 Å². The highest BCUT2D eigenvalue weighted by atomic mass is 31.1. The van der Waals surface area contributed by atoms with Crippen molar-refractivity contribution in [3.63, 3.8) is 0 Å². The van der Waals surface area contributed by atoms with E-state index in [4.69, 9.17) is 9.05 Å². The number of aliphatic hydroxyl groups excluding tert-OH is 2. The van der Waals surface area contributed by atoms with E-state index in [0.717, 1.165) is 12.8 Å². The summed E-state index contributed by atoms with van der Waals surface area (Å²) in [5.74, 6) is 0.895. The fraction of sp³-hybridized carbons (Fsp3) is 1.00. The zero-order valence-corrected chi connectivity index (χ0v) is 12.8. The van der Waals surface area contributed by atoms with E-state index in [1.54, 1.807) is 0 Å². The summed E-state index contributed by atoms with van der Waals surface area (Å²) in [5, 5.41) is 18.9. The van der Waals surface area contributed by atoms with Crippen LogP contribution in [0.15, 0.2) is 0 Å². The lowest BCUT2D eigenvalue weighted by Crippen LogP contribution is -2.13. The van der Waals surface area contributed by atoms with Crippen molar-refractivity contribution in [2.24, 2.45) is 11.8 Å². The van der Waals surface area contributed by atoms with Crippen LogP contribution in [0.5, 0.6) is 0 Å². The average molecular weight is 282 g/mol. The Morgan fingerprint density at radius 1 is 0.833 bits per heavy atom. The van der Waals surface area contributed by atoms with Crippen molar-refractivity contribution in [3.8, 4) is 0 Å². The maximum atomic E-state index is 11.4. The molecular weight excluding hydrogens is 255 g/mol. The molecule has 0 unspecified atom stereocenters. The summed E-state index contributed by atoms with van der Waals surface area (Å²) >= 11 is 0. The summed E-state index contributed by atoms with van der Waals surface area (Å²) < 4.78 is 21.0. The summed E-state index contributed by atoms with van der Waals surface area (Å²) in [4.78, 5) is 0. The lowest BCUT2D eigenvalue weighted by molar-refractivity contribution is -0.0663. The Hall–Kier alpha value is 0.0700.